The van der Waals surface area contributed by atoms with E-state index < -0.39 is 36.5 Å². The number of fused-ring (bicyclic) bond motifs is 1. The van der Waals surface area contributed by atoms with Crippen LogP contribution in [0, 0.1) is 18.3 Å². The third kappa shape index (κ3) is 4.21. The van der Waals surface area contributed by atoms with Crippen LogP contribution >= 0.6 is 0 Å². The molecule has 0 atom stereocenters. The molecule has 1 aliphatic carbocycles. The summed E-state index contributed by atoms with van der Waals surface area (Å²) in [5, 5.41) is 3.64. The number of ketones is 1. The van der Waals surface area contributed by atoms with E-state index in [0.717, 1.165) is 29.5 Å². The molecule has 34 heavy (non-hydrogen) atoms. The minimum Gasteiger partial charge on any atom is -0.456 e. The number of carbonyl (C=O) groups excluding carboxylic acids is 4. The zero-order valence-electron chi connectivity index (χ0n) is 20.2. The summed E-state index contributed by atoms with van der Waals surface area (Å²) < 4.78 is 10.7. The van der Waals surface area contributed by atoms with Gasteiger partial charge in [-0.15, -0.1) is 0 Å². The molecule has 0 unspecified atom stereocenters. The third-order valence-electron chi connectivity index (χ3n) is 7.85. The van der Waals surface area contributed by atoms with Crippen LogP contribution in [-0.4, -0.2) is 47.3 Å². The smallest absolute Gasteiger partial charge is 0.326 e. The predicted molar refractivity (Wildman–Crippen MR) is 125 cm³/mol. The average molecular weight is 469 g/mol. The summed E-state index contributed by atoms with van der Waals surface area (Å²) in [7, 11) is 0. The number of hydrogen-bond donors (Lipinski definition) is 1. The molecule has 1 saturated heterocycles. The molecule has 0 bridgehead atoms. The lowest BCUT2D eigenvalue weighted by Gasteiger charge is -2.42. The fourth-order valence-corrected chi connectivity index (χ4v) is 5.17. The van der Waals surface area contributed by atoms with Crippen LogP contribution in [0.3, 0.4) is 0 Å². The van der Waals surface area contributed by atoms with Crippen LogP contribution < -0.4 is 5.32 Å². The van der Waals surface area contributed by atoms with E-state index in [1.165, 1.54) is 0 Å². The van der Waals surface area contributed by atoms with Crippen LogP contribution in [0.1, 0.15) is 69.0 Å². The van der Waals surface area contributed by atoms with Crippen molar-refractivity contribution in [2.45, 2.75) is 65.3 Å². The van der Waals surface area contributed by atoms with E-state index >= 15 is 0 Å². The van der Waals surface area contributed by atoms with Crippen molar-refractivity contribution < 1.29 is 28.3 Å². The number of amides is 3. The van der Waals surface area contributed by atoms with Crippen LogP contribution in [0.2, 0.25) is 0 Å². The van der Waals surface area contributed by atoms with Crippen LogP contribution in [0.25, 0.3) is 11.0 Å². The maximum atomic E-state index is 13.1. The molecule has 1 N–H and O–H groups in total. The highest BCUT2D eigenvalue weighted by Crippen LogP contribution is 2.45. The number of nitrogens with zero attached hydrogens (tertiary/aromatic N) is 1. The van der Waals surface area contributed by atoms with Crippen LogP contribution in [0.15, 0.2) is 28.7 Å². The van der Waals surface area contributed by atoms with Crippen molar-refractivity contribution in [3.63, 3.8) is 0 Å². The molecule has 2 fully saturated rings. The van der Waals surface area contributed by atoms with Crippen molar-refractivity contribution in [1.82, 2.24) is 10.2 Å². The zero-order chi connectivity index (χ0) is 24.7. The van der Waals surface area contributed by atoms with Gasteiger partial charge in [-0.3, -0.25) is 19.3 Å². The molecule has 1 aromatic heterocycles. The number of carbonyl (C=O) groups is 4. The number of Topliss-reactive ketones (excluding diaryl/α,β-unsaturated/α-hetero) is 1. The first-order chi connectivity index (χ1) is 16.1. The van der Waals surface area contributed by atoms with Crippen LogP contribution in [0.4, 0.5) is 4.79 Å². The van der Waals surface area contributed by atoms with E-state index in [0.29, 0.717) is 29.9 Å². The summed E-state index contributed by atoms with van der Waals surface area (Å²) in [4.78, 5) is 51.5. The normalized spacial score (nSPS) is 22.9. The van der Waals surface area contributed by atoms with Crippen molar-refractivity contribution >= 4 is 34.7 Å². The number of ether oxygens (including phenoxy) is 1. The van der Waals surface area contributed by atoms with Gasteiger partial charge in [-0.25, -0.2) is 4.79 Å². The molecule has 8 heteroatoms. The molecule has 0 radical (unpaired) electrons. The minimum absolute atomic E-state index is 0.134. The summed E-state index contributed by atoms with van der Waals surface area (Å²) >= 11 is 0. The fourth-order valence-electron chi connectivity index (χ4n) is 5.17. The van der Waals surface area contributed by atoms with Gasteiger partial charge >= 0.3 is 12.0 Å². The Morgan fingerprint density at radius 3 is 2.53 bits per heavy atom. The van der Waals surface area contributed by atoms with E-state index in [1.54, 1.807) is 13.0 Å². The largest absolute Gasteiger partial charge is 0.456 e. The molecule has 4 rings (SSSR count). The molecule has 182 valence electrons. The van der Waals surface area contributed by atoms with E-state index in [2.05, 4.69) is 26.1 Å². The topological polar surface area (TPSA) is 106 Å². The van der Waals surface area contributed by atoms with E-state index in [4.69, 9.17) is 9.15 Å². The SMILES string of the molecule is CCC(C)(C)C1CCC2(CC1)NC(=O)N(CC(=O)OCC(=O)c1oc3ccccc3c1C)C2=O. The second-order valence-electron chi connectivity index (χ2n) is 10.2. The summed E-state index contributed by atoms with van der Waals surface area (Å²) in [6.07, 6.45) is 3.85. The molecule has 2 heterocycles. The summed E-state index contributed by atoms with van der Waals surface area (Å²) in [6, 6.07) is 6.67. The van der Waals surface area contributed by atoms with Gasteiger partial charge in [0, 0.05) is 10.9 Å². The van der Waals surface area contributed by atoms with Crippen molar-refractivity contribution in [2.75, 3.05) is 13.2 Å². The lowest BCUT2D eigenvalue weighted by molar-refractivity contribution is -0.147. The zero-order valence-corrected chi connectivity index (χ0v) is 20.2. The maximum Gasteiger partial charge on any atom is 0.326 e. The number of aryl methyl sites for hydroxylation is 1. The number of imide groups is 1. The highest BCUT2D eigenvalue weighted by atomic mass is 16.5. The summed E-state index contributed by atoms with van der Waals surface area (Å²) in [5.41, 5.74) is 0.492. The van der Waals surface area contributed by atoms with Gasteiger partial charge < -0.3 is 14.5 Å². The average Bonchev–Trinajstić information content (AvgIpc) is 3.27. The van der Waals surface area contributed by atoms with E-state index in [1.807, 2.05) is 18.2 Å². The highest BCUT2D eigenvalue weighted by molar-refractivity contribution is 6.09. The van der Waals surface area contributed by atoms with Gasteiger partial charge in [-0.2, -0.15) is 0 Å². The Kier molecular flexibility index (Phi) is 6.27. The molecular formula is C26H32N2O6. The molecule has 1 saturated carbocycles. The summed E-state index contributed by atoms with van der Waals surface area (Å²) in [5.74, 6) is -1.06. The van der Waals surface area contributed by atoms with E-state index in [9.17, 15) is 19.2 Å². The quantitative estimate of drug-likeness (QED) is 0.367. The van der Waals surface area contributed by atoms with Crippen LogP contribution in [0.5, 0.6) is 0 Å². The van der Waals surface area contributed by atoms with E-state index in [-0.39, 0.29) is 17.1 Å². The third-order valence-corrected chi connectivity index (χ3v) is 7.85. The van der Waals surface area contributed by atoms with Gasteiger partial charge in [0.1, 0.15) is 17.7 Å². The monoisotopic (exact) mass is 468 g/mol. The number of furan rings is 1. The number of urea groups is 1. The lowest BCUT2D eigenvalue weighted by Crippen LogP contribution is -2.51. The second kappa shape index (κ2) is 8.89. The summed E-state index contributed by atoms with van der Waals surface area (Å²) in [6.45, 7) is 7.36. The molecule has 3 amide bonds. The first kappa shape index (κ1) is 24.0. The Balaban J connectivity index is 1.34. The Morgan fingerprint density at radius 1 is 1.21 bits per heavy atom. The number of esters is 1. The van der Waals surface area contributed by atoms with Gasteiger partial charge in [0.15, 0.2) is 12.4 Å². The predicted octanol–water partition coefficient (Wildman–Crippen LogP) is 4.38. The first-order valence-corrected chi connectivity index (χ1v) is 11.9. The minimum atomic E-state index is -0.946. The van der Waals surface area contributed by atoms with Crippen molar-refractivity contribution in [2.24, 2.45) is 11.3 Å². The maximum absolute atomic E-state index is 13.1. The first-order valence-electron chi connectivity index (χ1n) is 11.9. The van der Waals surface area contributed by atoms with Crippen molar-refractivity contribution in [3.8, 4) is 0 Å². The van der Waals surface area contributed by atoms with Gasteiger partial charge in [-0.1, -0.05) is 45.4 Å². The van der Waals surface area contributed by atoms with Crippen molar-refractivity contribution in [3.05, 3.63) is 35.6 Å². The highest BCUT2D eigenvalue weighted by Gasteiger charge is 2.53. The number of rotatable bonds is 7. The number of nitrogens with one attached hydrogen (secondary N) is 1. The van der Waals surface area contributed by atoms with Gasteiger partial charge in [0.05, 0.1) is 0 Å². The fraction of sp³-hybridized carbons (Fsp3) is 0.538. The number of benzene rings is 1. The second-order valence-corrected chi connectivity index (χ2v) is 10.2. The Morgan fingerprint density at radius 2 is 1.88 bits per heavy atom. The number of para-hydroxylation sites is 1. The van der Waals surface area contributed by atoms with Gasteiger partial charge in [-0.05, 0) is 50.0 Å². The molecule has 2 aromatic rings. The Bertz CT molecular complexity index is 1140. The van der Waals surface area contributed by atoms with Gasteiger partial charge in [0.2, 0.25) is 5.78 Å². The standard InChI is InChI=1S/C26H32N2O6/c1-5-25(3,4)17-10-12-26(13-11-17)23(31)28(24(32)27-26)14-21(30)33-15-19(29)22-16(2)18-8-6-7-9-20(18)34-22/h6-9,17H,5,10-15H2,1-4H3,(H,27,32). The Hall–Kier alpha value is -3.16. The van der Waals surface area contributed by atoms with Gasteiger partial charge in [0.25, 0.3) is 5.91 Å². The Labute approximate surface area is 199 Å². The molecular weight excluding hydrogens is 436 g/mol. The molecule has 2 aliphatic rings. The molecule has 1 aliphatic heterocycles. The molecule has 8 nitrogen and oxygen atoms in total. The molecule has 1 spiro atoms. The van der Waals surface area contributed by atoms with Crippen LogP contribution in [-0.2, 0) is 14.3 Å². The lowest BCUT2D eigenvalue weighted by atomic mass is 9.65. The number of hydrogen-bond acceptors (Lipinski definition) is 6. The van der Waals surface area contributed by atoms with Crippen molar-refractivity contribution in [1.29, 1.82) is 0 Å². The molecule has 1 aromatic carbocycles.